The van der Waals surface area contributed by atoms with E-state index < -0.39 is 23.7 Å². The molecule has 0 aromatic heterocycles. The first kappa shape index (κ1) is 19.2. The number of hydrogen-bond acceptors (Lipinski definition) is 6. The summed E-state index contributed by atoms with van der Waals surface area (Å²) < 4.78 is 6.00. The zero-order valence-corrected chi connectivity index (χ0v) is 17.2. The normalized spacial score (nSPS) is 50.0. The van der Waals surface area contributed by atoms with Crippen molar-refractivity contribution in [3.05, 3.63) is 23.8 Å². The highest BCUT2D eigenvalue weighted by Crippen LogP contribution is 2.69. The number of aliphatic imine (C=N–C) groups is 1. The van der Waals surface area contributed by atoms with Crippen LogP contribution < -0.4 is 0 Å². The van der Waals surface area contributed by atoms with Crippen molar-refractivity contribution >= 4 is 17.5 Å². The lowest BCUT2D eigenvalue weighted by Gasteiger charge is -2.59. The summed E-state index contributed by atoms with van der Waals surface area (Å²) in [5, 5.41) is 21.2. The van der Waals surface area contributed by atoms with Gasteiger partial charge in [0.15, 0.2) is 23.0 Å². The second kappa shape index (κ2) is 5.88. The number of carbonyl (C=O) groups is 2. The van der Waals surface area contributed by atoms with E-state index >= 15 is 0 Å². The molecule has 5 rings (SSSR count). The van der Waals surface area contributed by atoms with Gasteiger partial charge in [-0.2, -0.15) is 0 Å². The quantitative estimate of drug-likeness (QED) is 0.740. The highest BCUT2D eigenvalue weighted by Gasteiger charge is 2.74. The van der Waals surface area contributed by atoms with Crippen LogP contribution in [0, 0.1) is 28.6 Å². The van der Waals surface area contributed by atoms with Crippen LogP contribution in [0.25, 0.3) is 0 Å². The summed E-state index contributed by atoms with van der Waals surface area (Å²) in [7, 11) is 0. The van der Waals surface area contributed by atoms with Gasteiger partial charge in [0.25, 0.3) is 0 Å². The minimum absolute atomic E-state index is 0.00453. The molecule has 0 aromatic carbocycles. The SMILES string of the molecule is CC1=NC2(C(=O)CO)C(CC3[C@@H]4CCC5=CC(=O)C=C[C@]5(C)C4[C@@H](O)C[C@@]32C)O1. The maximum absolute atomic E-state index is 13.0. The van der Waals surface area contributed by atoms with Crippen molar-refractivity contribution in [2.45, 2.75) is 64.2 Å². The molecule has 1 aliphatic heterocycles. The van der Waals surface area contributed by atoms with Gasteiger partial charge >= 0.3 is 0 Å². The lowest BCUT2D eigenvalue weighted by atomic mass is 9.46. The Kier molecular flexibility index (Phi) is 3.89. The molecule has 1 heterocycles. The number of Topliss-reactive ketones (excluding diaryl/α,β-unsaturated/α-hetero) is 1. The number of ether oxygens (including phenoxy) is 1. The Labute approximate surface area is 170 Å². The molecule has 156 valence electrons. The number of ketones is 2. The molecule has 2 N–H and O–H groups in total. The van der Waals surface area contributed by atoms with Crippen molar-refractivity contribution in [1.82, 2.24) is 0 Å². The van der Waals surface area contributed by atoms with Gasteiger partial charge < -0.3 is 14.9 Å². The van der Waals surface area contributed by atoms with Crippen LogP contribution in [0.5, 0.6) is 0 Å². The molecular formula is C23H29NO5. The molecule has 6 heteroatoms. The van der Waals surface area contributed by atoms with Gasteiger partial charge in [-0.05, 0) is 49.7 Å². The monoisotopic (exact) mass is 399 g/mol. The third kappa shape index (κ3) is 2.17. The third-order valence-corrected chi connectivity index (χ3v) is 8.91. The Morgan fingerprint density at radius 2 is 2.14 bits per heavy atom. The van der Waals surface area contributed by atoms with Crippen LogP contribution in [-0.2, 0) is 14.3 Å². The maximum Gasteiger partial charge on any atom is 0.190 e. The van der Waals surface area contributed by atoms with Crippen LogP contribution in [0.15, 0.2) is 28.8 Å². The number of fused-ring (bicyclic) bond motifs is 7. The van der Waals surface area contributed by atoms with E-state index in [1.165, 1.54) is 0 Å². The molecule has 0 saturated heterocycles. The highest BCUT2D eigenvalue weighted by molar-refractivity contribution is 6.01. The molecule has 29 heavy (non-hydrogen) atoms. The van der Waals surface area contributed by atoms with E-state index in [2.05, 4.69) is 13.8 Å². The molecule has 6 nitrogen and oxygen atoms in total. The summed E-state index contributed by atoms with van der Waals surface area (Å²) in [6, 6.07) is 0. The second-order valence-electron chi connectivity index (χ2n) is 10.0. The molecule has 0 aromatic rings. The van der Waals surface area contributed by atoms with Gasteiger partial charge in [-0.25, -0.2) is 4.99 Å². The minimum Gasteiger partial charge on any atom is -0.475 e. The minimum atomic E-state index is -1.11. The third-order valence-electron chi connectivity index (χ3n) is 8.91. The Balaban J connectivity index is 1.61. The largest absolute Gasteiger partial charge is 0.475 e. The Hall–Kier alpha value is -1.79. The predicted octanol–water partition coefficient (Wildman–Crippen LogP) is 1.99. The first-order valence-electron chi connectivity index (χ1n) is 10.7. The first-order chi connectivity index (χ1) is 13.7. The summed E-state index contributed by atoms with van der Waals surface area (Å²) >= 11 is 0. The summed E-state index contributed by atoms with van der Waals surface area (Å²) in [4.78, 5) is 29.7. The van der Waals surface area contributed by atoms with E-state index in [4.69, 9.17) is 9.73 Å². The number of aliphatic hydroxyl groups is 2. The summed E-state index contributed by atoms with van der Waals surface area (Å²) in [6.07, 6.45) is 7.20. The van der Waals surface area contributed by atoms with E-state index in [-0.39, 0.29) is 40.8 Å². The predicted molar refractivity (Wildman–Crippen MR) is 106 cm³/mol. The fraction of sp³-hybridized carbons (Fsp3) is 0.696. The van der Waals surface area contributed by atoms with E-state index in [1.54, 1.807) is 19.1 Å². The molecule has 3 fully saturated rings. The van der Waals surface area contributed by atoms with Crippen LogP contribution in [-0.4, -0.2) is 52.0 Å². The van der Waals surface area contributed by atoms with Crippen molar-refractivity contribution in [3.63, 3.8) is 0 Å². The van der Waals surface area contributed by atoms with Crippen LogP contribution >= 0.6 is 0 Å². The highest BCUT2D eigenvalue weighted by atomic mass is 16.5. The second-order valence-corrected chi connectivity index (χ2v) is 10.0. The molecule has 4 aliphatic carbocycles. The van der Waals surface area contributed by atoms with E-state index in [0.29, 0.717) is 18.7 Å². The summed E-state index contributed by atoms with van der Waals surface area (Å²) in [6.45, 7) is 5.38. The van der Waals surface area contributed by atoms with Crippen molar-refractivity contribution in [2.75, 3.05) is 6.61 Å². The number of aliphatic hydroxyl groups excluding tert-OH is 2. The van der Waals surface area contributed by atoms with Crippen molar-refractivity contribution < 1.29 is 24.5 Å². The molecule has 0 spiro atoms. The van der Waals surface area contributed by atoms with Gasteiger partial charge in [-0.1, -0.05) is 25.5 Å². The average molecular weight is 399 g/mol. The smallest absolute Gasteiger partial charge is 0.190 e. The number of rotatable bonds is 2. The molecule has 4 unspecified atom stereocenters. The molecular weight excluding hydrogens is 370 g/mol. The zero-order valence-electron chi connectivity index (χ0n) is 17.2. The first-order valence-corrected chi connectivity index (χ1v) is 10.7. The van der Waals surface area contributed by atoms with E-state index in [0.717, 1.165) is 18.4 Å². The Morgan fingerprint density at radius 1 is 1.38 bits per heavy atom. The van der Waals surface area contributed by atoms with Crippen molar-refractivity contribution in [2.24, 2.45) is 33.6 Å². The molecule has 5 aliphatic rings. The number of hydrogen-bond donors (Lipinski definition) is 2. The van der Waals surface area contributed by atoms with E-state index in [1.807, 2.05) is 6.08 Å². The fourth-order valence-electron chi connectivity index (χ4n) is 7.81. The van der Waals surface area contributed by atoms with Crippen LogP contribution in [0.4, 0.5) is 0 Å². The number of nitrogens with zero attached hydrogens (tertiary/aromatic N) is 1. The standard InChI is InChI=1S/C23H29NO5/c1-12-24-23(18(28)11-25)19(29-12)9-16-15-5-4-13-8-14(26)6-7-21(13,2)20(15)17(27)10-22(16,23)3/h6-8,15-17,19-20,25,27H,4-5,9-11H2,1-3H3/t15-,16?,17-,19?,20?,21-,22-,23?/m0/s1. The Bertz CT molecular complexity index is 890. The Morgan fingerprint density at radius 3 is 2.86 bits per heavy atom. The number of carbonyl (C=O) groups excluding carboxylic acids is 2. The van der Waals surface area contributed by atoms with E-state index in [9.17, 15) is 19.8 Å². The summed E-state index contributed by atoms with van der Waals surface area (Å²) in [5.74, 6) is 0.570. The topological polar surface area (TPSA) is 96.2 Å². The van der Waals surface area contributed by atoms with Gasteiger partial charge in [0, 0.05) is 23.7 Å². The number of allylic oxidation sites excluding steroid dienone is 4. The van der Waals surface area contributed by atoms with Crippen molar-refractivity contribution in [3.8, 4) is 0 Å². The van der Waals surface area contributed by atoms with Crippen LogP contribution in [0.3, 0.4) is 0 Å². The maximum atomic E-state index is 13.0. The molecule has 0 radical (unpaired) electrons. The molecule has 0 amide bonds. The molecule has 3 saturated carbocycles. The van der Waals surface area contributed by atoms with Gasteiger partial charge in [0.1, 0.15) is 12.7 Å². The lowest BCUT2D eigenvalue weighted by Crippen LogP contribution is -2.62. The van der Waals surface area contributed by atoms with Crippen LogP contribution in [0.1, 0.15) is 46.5 Å². The fourth-order valence-corrected chi connectivity index (χ4v) is 7.81. The summed E-state index contributed by atoms with van der Waals surface area (Å²) in [5.41, 5.74) is -0.915. The van der Waals surface area contributed by atoms with Crippen LogP contribution in [0.2, 0.25) is 0 Å². The van der Waals surface area contributed by atoms with Crippen molar-refractivity contribution in [1.29, 1.82) is 0 Å². The lowest BCUT2D eigenvalue weighted by molar-refractivity contribution is -0.146. The zero-order chi connectivity index (χ0) is 20.8. The average Bonchev–Trinajstić information content (AvgIpc) is 3.12. The van der Waals surface area contributed by atoms with Gasteiger partial charge in [-0.15, -0.1) is 0 Å². The van der Waals surface area contributed by atoms with Gasteiger partial charge in [-0.3, -0.25) is 9.59 Å². The molecule has 0 bridgehead atoms. The van der Waals surface area contributed by atoms with Gasteiger partial charge in [0.2, 0.25) is 0 Å². The van der Waals surface area contributed by atoms with Gasteiger partial charge in [0.05, 0.1) is 6.10 Å². The molecule has 8 atom stereocenters.